The summed E-state index contributed by atoms with van der Waals surface area (Å²) in [6.45, 7) is -0.704. The Labute approximate surface area is 133 Å². The minimum Gasteiger partial charge on any atom is -0.548 e. The van der Waals surface area contributed by atoms with Crippen LogP contribution < -0.4 is 5.11 Å². The lowest BCUT2D eigenvalue weighted by atomic mass is 10.1. The Hall–Kier alpha value is -2.46. The van der Waals surface area contributed by atoms with E-state index in [-0.39, 0.29) is 26.2 Å². The average Bonchev–Trinajstić information content (AvgIpc) is 2.68. The smallest absolute Gasteiger partial charge is 0.280 e. The molecule has 1 amide bonds. The molecule has 0 aromatic heterocycles. The van der Waals surface area contributed by atoms with Gasteiger partial charge in [0.2, 0.25) is 0 Å². The molecule has 0 spiro atoms. The fourth-order valence-corrected chi connectivity index (χ4v) is 2.98. The second-order valence-corrected chi connectivity index (χ2v) is 5.78. The number of carbonyl (C=O) groups excluding carboxylic acids is 2. The maximum atomic E-state index is 12.1. The first-order valence-corrected chi connectivity index (χ1v) is 6.95. The quantitative estimate of drug-likeness (QED) is 0.358. The Balaban J connectivity index is 2.43. The lowest BCUT2D eigenvalue weighted by molar-refractivity contribution is -0.385. The Morgan fingerprint density at radius 3 is 2.77 bits per heavy atom. The lowest BCUT2D eigenvalue weighted by Crippen LogP contribution is -2.40. The van der Waals surface area contributed by atoms with Crippen molar-refractivity contribution < 1.29 is 24.7 Å². The van der Waals surface area contributed by atoms with E-state index in [0.29, 0.717) is 0 Å². The number of benzene rings is 1. The molecule has 0 saturated carbocycles. The van der Waals surface area contributed by atoms with Crippen LogP contribution in [0.3, 0.4) is 0 Å². The molecule has 1 fully saturated rings. The molecule has 114 valence electrons. The van der Waals surface area contributed by atoms with Gasteiger partial charge in [0.05, 0.1) is 27.9 Å². The van der Waals surface area contributed by atoms with Gasteiger partial charge in [-0.2, -0.15) is 0 Å². The van der Waals surface area contributed by atoms with E-state index in [4.69, 9.17) is 12.2 Å². The predicted octanol–water partition coefficient (Wildman–Crippen LogP) is 0.251. The van der Waals surface area contributed by atoms with Gasteiger partial charge in [0.1, 0.15) is 10.1 Å². The third kappa shape index (κ3) is 3.07. The molecule has 0 radical (unpaired) electrons. The number of nitrogens with zero attached hydrogens (tertiary/aromatic N) is 2. The number of hydrogen-bond acceptors (Lipinski definition) is 8. The van der Waals surface area contributed by atoms with Crippen LogP contribution in [0.2, 0.25) is 0 Å². The summed E-state index contributed by atoms with van der Waals surface area (Å²) in [6.07, 6.45) is 1.11. The summed E-state index contributed by atoms with van der Waals surface area (Å²) < 4.78 is -0.00137. The summed E-state index contributed by atoms with van der Waals surface area (Å²) in [5, 5.41) is 31.3. The molecular weight excluding hydrogens is 332 g/mol. The zero-order valence-corrected chi connectivity index (χ0v) is 12.3. The van der Waals surface area contributed by atoms with Crippen LogP contribution in [0.4, 0.5) is 5.69 Å². The van der Waals surface area contributed by atoms with Crippen molar-refractivity contribution in [1.29, 1.82) is 0 Å². The molecule has 0 unspecified atom stereocenters. The number of phenols is 1. The highest BCUT2D eigenvalue weighted by molar-refractivity contribution is 8.26. The normalized spacial score (nSPS) is 16.4. The fourth-order valence-electron chi connectivity index (χ4n) is 1.74. The van der Waals surface area contributed by atoms with Gasteiger partial charge in [-0.05, 0) is 12.1 Å². The van der Waals surface area contributed by atoms with Crippen molar-refractivity contribution in [2.45, 2.75) is 0 Å². The molecule has 1 aliphatic heterocycles. The van der Waals surface area contributed by atoms with Crippen LogP contribution in [0.25, 0.3) is 6.08 Å². The van der Waals surface area contributed by atoms with Gasteiger partial charge in [-0.3, -0.25) is 19.8 Å². The minimum atomic E-state index is -1.48. The van der Waals surface area contributed by atoms with Crippen LogP contribution in [0.5, 0.6) is 5.75 Å². The number of aromatic hydroxyl groups is 1. The van der Waals surface area contributed by atoms with E-state index in [1.807, 2.05) is 0 Å². The summed E-state index contributed by atoms with van der Waals surface area (Å²) in [7, 11) is 0. The van der Waals surface area contributed by atoms with Crippen molar-refractivity contribution in [2.75, 3.05) is 6.54 Å². The molecule has 1 aromatic carbocycles. The van der Waals surface area contributed by atoms with Gasteiger partial charge in [0.25, 0.3) is 11.6 Å². The number of carbonyl (C=O) groups is 2. The van der Waals surface area contributed by atoms with Crippen LogP contribution in [-0.4, -0.2) is 37.7 Å². The molecular formula is C12H7N2O6S2-. The molecule has 0 atom stereocenters. The number of phenolic OH excluding ortho intramolecular Hbond substituents is 1. The first-order valence-electron chi connectivity index (χ1n) is 5.73. The topological polar surface area (TPSA) is 124 Å². The molecule has 1 heterocycles. The number of hydrogen-bond donors (Lipinski definition) is 1. The highest BCUT2D eigenvalue weighted by Gasteiger charge is 2.33. The van der Waals surface area contributed by atoms with Gasteiger partial charge < -0.3 is 15.0 Å². The number of nitro benzene ring substituents is 1. The van der Waals surface area contributed by atoms with E-state index in [1.54, 1.807) is 0 Å². The maximum absolute atomic E-state index is 12.1. The molecule has 2 rings (SSSR count). The molecule has 1 aromatic rings. The third-order valence-electron chi connectivity index (χ3n) is 2.69. The number of aliphatic carboxylic acids is 1. The third-order valence-corrected chi connectivity index (χ3v) is 4.07. The van der Waals surface area contributed by atoms with Crippen LogP contribution in [-0.2, 0) is 9.59 Å². The van der Waals surface area contributed by atoms with E-state index in [9.17, 15) is 29.9 Å². The zero-order chi connectivity index (χ0) is 16.4. The number of rotatable bonds is 4. The van der Waals surface area contributed by atoms with Crippen molar-refractivity contribution in [2.24, 2.45) is 0 Å². The Bertz CT molecular complexity index is 730. The van der Waals surface area contributed by atoms with Gasteiger partial charge in [-0.1, -0.05) is 30.0 Å². The molecule has 8 nitrogen and oxygen atoms in total. The monoisotopic (exact) mass is 339 g/mol. The van der Waals surface area contributed by atoms with Crippen molar-refractivity contribution >= 4 is 51.9 Å². The van der Waals surface area contributed by atoms with Crippen molar-refractivity contribution in [3.8, 4) is 5.75 Å². The molecule has 1 N–H and O–H groups in total. The molecule has 1 saturated heterocycles. The van der Waals surface area contributed by atoms with E-state index in [2.05, 4.69) is 0 Å². The lowest BCUT2D eigenvalue weighted by Gasteiger charge is -2.14. The minimum absolute atomic E-state index is 0.00137. The van der Waals surface area contributed by atoms with E-state index in [1.165, 1.54) is 18.2 Å². The Morgan fingerprint density at radius 1 is 1.50 bits per heavy atom. The van der Waals surface area contributed by atoms with E-state index in [0.717, 1.165) is 22.7 Å². The van der Waals surface area contributed by atoms with Gasteiger partial charge in [0, 0.05) is 6.07 Å². The number of thioether (sulfide) groups is 1. The first kappa shape index (κ1) is 15.9. The summed E-state index contributed by atoms with van der Waals surface area (Å²) in [5.74, 6) is -2.57. The maximum Gasteiger partial charge on any atom is 0.280 e. The van der Waals surface area contributed by atoms with Gasteiger partial charge in [-0.15, -0.1) is 0 Å². The number of amides is 1. The summed E-state index contributed by atoms with van der Waals surface area (Å²) in [6, 6.07) is 3.71. The van der Waals surface area contributed by atoms with Crippen molar-refractivity contribution in [1.82, 2.24) is 4.90 Å². The Morgan fingerprint density at radius 2 is 2.18 bits per heavy atom. The van der Waals surface area contributed by atoms with E-state index >= 15 is 0 Å². The predicted molar refractivity (Wildman–Crippen MR) is 79.6 cm³/mol. The highest BCUT2D eigenvalue weighted by Crippen LogP contribution is 2.36. The summed E-state index contributed by atoms with van der Waals surface area (Å²) in [4.78, 5) is 33.7. The fraction of sp³-hybridized carbons (Fsp3) is 0.0833. The number of carboxylic acids is 1. The molecule has 1 aliphatic rings. The van der Waals surface area contributed by atoms with Crippen molar-refractivity contribution in [3.63, 3.8) is 0 Å². The molecule has 0 aliphatic carbocycles. The van der Waals surface area contributed by atoms with Crippen LogP contribution in [0.1, 0.15) is 5.56 Å². The SMILES string of the molecule is O=C([O-])CN1C(=O)/C(=C/c2c(O)cccc2[N+](=O)[O-])SC1=S. The van der Waals surface area contributed by atoms with Gasteiger partial charge >= 0.3 is 0 Å². The summed E-state index contributed by atoms with van der Waals surface area (Å²) >= 11 is 5.68. The second-order valence-electron chi connectivity index (χ2n) is 4.11. The number of thiocarbonyl (C=S) groups is 1. The highest BCUT2D eigenvalue weighted by atomic mass is 32.2. The largest absolute Gasteiger partial charge is 0.548 e. The number of nitro groups is 1. The van der Waals surface area contributed by atoms with Crippen LogP contribution in [0.15, 0.2) is 23.1 Å². The zero-order valence-electron chi connectivity index (χ0n) is 10.7. The van der Waals surface area contributed by atoms with Gasteiger partial charge in [0.15, 0.2) is 0 Å². The van der Waals surface area contributed by atoms with Crippen LogP contribution >= 0.6 is 24.0 Å². The number of carboxylic acid groups (broad SMARTS) is 1. The second kappa shape index (κ2) is 6.12. The van der Waals surface area contributed by atoms with Crippen molar-refractivity contribution in [3.05, 3.63) is 38.8 Å². The van der Waals surface area contributed by atoms with Crippen LogP contribution in [0, 0.1) is 10.1 Å². The standard InChI is InChI=1S/C12H8N2O6S2/c15-8-3-1-2-7(14(19)20)6(8)4-9-11(18)13(5-10(16)17)12(21)22-9/h1-4,15H,5H2,(H,16,17)/p-1/b9-4-. The Kier molecular flexibility index (Phi) is 4.43. The molecule has 10 heteroatoms. The van der Waals surface area contributed by atoms with Gasteiger partial charge in [-0.25, -0.2) is 0 Å². The average molecular weight is 339 g/mol. The summed E-state index contributed by atoms with van der Waals surface area (Å²) in [5.41, 5.74) is -0.536. The molecule has 22 heavy (non-hydrogen) atoms. The van der Waals surface area contributed by atoms with E-state index < -0.39 is 23.3 Å². The molecule has 0 bridgehead atoms. The first-order chi connectivity index (χ1) is 10.3.